The van der Waals surface area contributed by atoms with Crippen LogP contribution in [0.5, 0.6) is 0 Å². The quantitative estimate of drug-likeness (QED) is 0.295. The second kappa shape index (κ2) is 8.14. The van der Waals surface area contributed by atoms with Gasteiger partial charge in [-0.1, -0.05) is 20.3 Å². The first kappa shape index (κ1) is 24.1. The lowest BCUT2D eigenvalue weighted by molar-refractivity contribution is 0.00771. The van der Waals surface area contributed by atoms with E-state index in [1.165, 1.54) is 32.1 Å². The molecule has 7 heteroatoms. The molecule has 4 heterocycles. The van der Waals surface area contributed by atoms with Gasteiger partial charge in [0.05, 0.1) is 16.7 Å². The van der Waals surface area contributed by atoms with Crippen LogP contribution in [0.2, 0.25) is 0 Å². The summed E-state index contributed by atoms with van der Waals surface area (Å²) in [5.41, 5.74) is 8.60. The highest BCUT2D eigenvalue weighted by molar-refractivity contribution is 5.98. The standard InChI is InChI=1S/C30H37N5O2/c1-17(2)24-25-23(10-9-22(33-25)20-13-30(14-20)11-8-12-30)35(28(36)37-29(5,6)7)26(24)21-15-34-27(31-16-32-34)19(4)18(21)3/h9-10,15-17,20H,8,11-14H2,1-7H3. The molecule has 0 aliphatic heterocycles. The Balaban J connectivity index is 1.60. The lowest BCUT2D eigenvalue weighted by Gasteiger charge is -2.54. The molecule has 4 aromatic heterocycles. The van der Waals surface area contributed by atoms with Crippen molar-refractivity contribution < 1.29 is 9.53 Å². The van der Waals surface area contributed by atoms with Crippen LogP contribution >= 0.6 is 0 Å². The fourth-order valence-corrected chi connectivity index (χ4v) is 6.46. The molecule has 0 amide bonds. The van der Waals surface area contributed by atoms with Gasteiger partial charge in [0.2, 0.25) is 0 Å². The Kier molecular flexibility index (Phi) is 5.31. The van der Waals surface area contributed by atoms with Crippen molar-refractivity contribution in [2.75, 3.05) is 0 Å². The van der Waals surface area contributed by atoms with Gasteiger partial charge in [0.25, 0.3) is 0 Å². The Morgan fingerprint density at radius 1 is 1.14 bits per heavy atom. The van der Waals surface area contributed by atoms with Crippen LogP contribution in [0.3, 0.4) is 0 Å². The zero-order valence-electron chi connectivity index (χ0n) is 23.1. The van der Waals surface area contributed by atoms with Crippen LogP contribution in [0, 0.1) is 19.3 Å². The Hall–Kier alpha value is -3.22. The molecule has 0 aromatic carbocycles. The average Bonchev–Trinajstić information content (AvgIpc) is 3.35. The molecule has 0 radical (unpaired) electrons. The maximum absolute atomic E-state index is 13.8. The highest BCUT2D eigenvalue weighted by atomic mass is 16.6. The van der Waals surface area contributed by atoms with Crippen molar-refractivity contribution in [2.45, 2.75) is 98.0 Å². The molecule has 37 heavy (non-hydrogen) atoms. The number of aromatic nitrogens is 5. The van der Waals surface area contributed by atoms with E-state index in [0.717, 1.165) is 50.3 Å². The lowest BCUT2D eigenvalue weighted by Crippen LogP contribution is -2.41. The molecule has 2 fully saturated rings. The molecule has 0 bridgehead atoms. The number of carbonyl (C=O) groups excluding carboxylic acids is 1. The SMILES string of the molecule is Cc1c(-c2c(C(C)C)c3nc(C4CC5(CCC5)C4)ccc3n2C(=O)OC(C)(C)C)cn2ncnc2c1C. The van der Waals surface area contributed by atoms with Crippen LogP contribution in [-0.2, 0) is 4.74 Å². The van der Waals surface area contributed by atoms with E-state index in [1.807, 2.05) is 27.0 Å². The summed E-state index contributed by atoms with van der Waals surface area (Å²) in [4.78, 5) is 23.5. The monoisotopic (exact) mass is 499 g/mol. The molecule has 6 rings (SSSR count). The van der Waals surface area contributed by atoms with Gasteiger partial charge in [-0.05, 0) is 94.9 Å². The van der Waals surface area contributed by atoms with E-state index in [9.17, 15) is 4.79 Å². The molecule has 2 aliphatic rings. The summed E-state index contributed by atoms with van der Waals surface area (Å²) in [6, 6.07) is 4.21. The predicted molar refractivity (Wildman–Crippen MR) is 145 cm³/mol. The van der Waals surface area contributed by atoms with Crippen LogP contribution in [0.25, 0.3) is 27.9 Å². The zero-order chi connectivity index (χ0) is 26.3. The molecule has 0 N–H and O–H groups in total. The average molecular weight is 500 g/mol. The van der Waals surface area contributed by atoms with Gasteiger partial charge in [0.1, 0.15) is 11.9 Å². The Labute approximate surface area is 218 Å². The zero-order valence-corrected chi connectivity index (χ0v) is 23.1. The maximum Gasteiger partial charge on any atom is 0.419 e. The second-order valence-corrected chi connectivity index (χ2v) is 12.6. The molecule has 2 aliphatic carbocycles. The number of nitrogens with zero attached hydrogens (tertiary/aromatic N) is 5. The van der Waals surface area contributed by atoms with E-state index in [-0.39, 0.29) is 12.0 Å². The van der Waals surface area contributed by atoms with Gasteiger partial charge >= 0.3 is 6.09 Å². The van der Waals surface area contributed by atoms with Gasteiger partial charge in [0, 0.05) is 28.9 Å². The summed E-state index contributed by atoms with van der Waals surface area (Å²) in [6.45, 7) is 14.2. The van der Waals surface area contributed by atoms with Gasteiger partial charge in [-0.15, -0.1) is 0 Å². The van der Waals surface area contributed by atoms with E-state index in [0.29, 0.717) is 11.3 Å². The Morgan fingerprint density at radius 3 is 2.49 bits per heavy atom. The van der Waals surface area contributed by atoms with Crippen LogP contribution < -0.4 is 0 Å². The smallest absolute Gasteiger partial charge is 0.419 e. The van der Waals surface area contributed by atoms with Gasteiger partial charge in [-0.2, -0.15) is 5.10 Å². The summed E-state index contributed by atoms with van der Waals surface area (Å²) >= 11 is 0. The molecular weight excluding hydrogens is 462 g/mol. The van der Waals surface area contributed by atoms with E-state index >= 15 is 0 Å². The van der Waals surface area contributed by atoms with Crippen molar-refractivity contribution in [3.8, 4) is 11.3 Å². The van der Waals surface area contributed by atoms with Crippen molar-refractivity contribution in [1.29, 1.82) is 0 Å². The van der Waals surface area contributed by atoms with Crippen LogP contribution in [-0.4, -0.2) is 35.8 Å². The van der Waals surface area contributed by atoms with Crippen molar-refractivity contribution in [3.63, 3.8) is 0 Å². The Bertz CT molecular complexity index is 1540. The van der Waals surface area contributed by atoms with Gasteiger partial charge in [-0.3, -0.25) is 4.98 Å². The summed E-state index contributed by atoms with van der Waals surface area (Å²) in [7, 11) is 0. The van der Waals surface area contributed by atoms with E-state index < -0.39 is 5.60 Å². The van der Waals surface area contributed by atoms with Crippen LogP contribution in [0.15, 0.2) is 24.7 Å². The van der Waals surface area contributed by atoms with Crippen LogP contribution in [0.1, 0.15) is 101 Å². The molecular formula is C30H37N5O2. The van der Waals surface area contributed by atoms with Crippen molar-refractivity contribution in [1.82, 2.24) is 24.1 Å². The van der Waals surface area contributed by atoms with E-state index in [4.69, 9.17) is 9.72 Å². The normalized spacial score (nSPS) is 17.5. The topological polar surface area (TPSA) is 74.3 Å². The maximum atomic E-state index is 13.8. The highest BCUT2D eigenvalue weighted by Crippen LogP contribution is 2.61. The third kappa shape index (κ3) is 3.77. The Morgan fingerprint density at radius 2 is 1.86 bits per heavy atom. The third-order valence-electron chi connectivity index (χ3n) is 8.60. The van der Waals surface area contributed by atoms with E-state index in [1.54, 1.807) is 15.4 Å². The minimum atomic E-state index is -0.625. The summed E-state index contributed by atoms with van der Waals surface area (Å²) < 4.78 is 9.49. The minimum absolute atomic E-state index is 0.148. The molecule has 4 aromatic rings. The van der Waals surface area contributed by atoms with Gasteiger partial charge in [0.15, 0.2) is 5.65 Å². The molecule has 0 saturated heterocycles. The number of carbonyl (C=O) groups is 1. The van der Waals surface area contributed by atoms with Gasteiger partial charge < -0.3 is 4.74 Å². The van der Waals surface area contributed by atoms with E-state index in [2.05, 4.69) is 49.9 Å². The number of hydrogen-bond donors (Lipinski definition) is 0. The molecule has 0 atom stereocenters. The van der Waals surface area contributed by atoms with Crippen molar-refractivity contribution >= 4 is 22.8 Å². The number of fused-ring (bicyclic) bond motifs is 2. The first-order valence-electron chi connectivity index (χ1n) is 13.6. The van der Waals surface area contributed by atoms with Gasteiger partial charge in [-0.25, -0.2) is 18.9 Å². The third-order valence-corrected chi connectivity index (χ3v) is 8.60. The first-order chi connectivity index (χ1) is 17.5. The molecule has 1 spiro atoms. The molecule has 194 valence electrons. The van der Waals surface area contributed by atoms with Crippen LogP contribution in [0.4, 0.5) is 4.79 Å². The number of hydrogen-bond acceptors (Lipinski definition) is 5. The number of ether oxygens (including phenoxy) is 1. The minimum Gasteiger partial charge on any atom is -0.443 e. The summed E-state index contributed by atoms with van der Waals surface area (Å²) in [5, 5.41) is 4.42. The number of pyridine rings is 2. The molecule has 0 unspecified atom stereocenters. The first-order valence-corrected chi connectivity index (χ1v) is 13.6. The summed E-state index contributed by atoms with van der Waals surface area (Å²) in [6.07, 6.45) is 9.75. The molecule has 7 nitrogen and oxygen atoms in total. The number of aryl methyl sites for hydroxylation is 1. The fourth-order valence-electron chi connectivity index (χ4n) is 6.46. The predicted octanol–water partition coefficient (Wildman–Crippen LogP) is 7.32. The van der Waals surface area contributed by atoms with Crippen molar-refractivity contribution in [2.24, 2.45) is 5.41 Å². The fraction of sp³-hybridized carbons (Fsp3) is 0.533. The largest absolute Gasteiger partial charge is 0.443 e. The molecule has 2 saturated carbocycles. The lowest BCUT2D eigenvalue weighted by atomic mass is 9.51. The number of rotatable bonds is 3. The van der Waals surface area contributed by atoms with Crippen molar-refractivity contribution in [3.05, 3.63) is 47.0 Å². The summed E-state index contributed by atoms with van der Waals surface area (Å²) in [5.74, 6) is 0.656. The highest BCUT2D eigenvalue weighted by Gasteiger charge is 2.49. The second-order valence-electron chi connectivity index (χ2n) is 12.6.